The molecule has 1 aromatic carbocycles. The van der Waals surface area contributed by atoms with Crippen LogP contribution in [0.15, 0.2) is 30.5 Å². The molecule has 0 saturated heterocycles. The summed E-state index contributed by atoms with van der Waals surface area (Å²) in [5.74, 6) is -0.699. The molecule has 0 bridgehead atoms. The predicted molar refractivity (Wildman–Crippen MR) is 80.9 cm³/mol. The van der Waals surface area contributed by atoms with E-state index in [4.69, 9.17) is 0 Å². The largest absolute Gasteiger partial charge is 0.467 e. The van der Waals surface area contributed by atoms with Crippen molar-refractivity contribution in [2.75, 3.05) is 7.11 Å². The molecular weight excluding hydrogens is 268 g/mol. The lowest BCUT2D eigenvalue weighted by Crippen LogP contribution is -2.51. The number of benzene rings is 1. The fraction of sp³-hybridized carbons (Fsp3) is 0.375. The Morgan fingerprint density at radius 2 is 1.95 bits per heavy atom. The molecule has 0 saturated carbocycles. The molecule has 0 aliphatic carbocycles. The Hall–Kier alpha value is -2.30. The van der Waals surface area contributed by atoms with E-state index in [9.17, 15) is 9.59 Å². The number of aromatic nitrogens is 1. The smallest absolute Gasteiger partial charge is 0.330 e. The fourth-order valence-electron chi connectivity index (χ4n) is 2.41. The SMILES string of the molecule is COC(=O)C(C)(C)NC(=O)Cn1cc(C)c2ccccc21. The first kappa shape index (κ1) is 15.1. The highest BCUT2D eigenvalue weighted by molar-refractivity contribution is 5.89. The maximum Gasteiger partial charge on any atom is 0.330 e. The molecule has 112 valence electrons. The van der Waals surface area contributed by atoms with Crippen LogP contribution in [0.1, 0.15) is 19.4 Å². The van der Waals surface area contributed by atoms with Crippen LogP contribution in [-0.4, -0.2) is 29.1 Å². The molecule has 1 aromatic heterocycles. The predicted octanol–water partition coefficient (Wildman–Crippen LogP) is 2.02. The molecule has 0 radical (unpaired) electrons. The second kappa shape index (κ2) is 5.60. The van der Waals surface area contributed by atoms with Gasteiger partial charge < -0.3 is 14.6 Å². The van der Waals surface area contributed by atoms with Crippen LogP contribution < -0.4 is 5.32 Å². The summed E-state index contributed by atoms with van der Waals surface area (Å²) in [6, 6.07) is 7.91. The van der Waals surface area contributed by atoms with Crippen molar-refractivity contribution in [2.45, 2.75) is 32.9 Å². The van der Waals surface area contributed by atoms with Gasteiger partial charge in [0.15, 0.2) is 0 Å². The Labute approximate surface area is 123 Å². The van der Waals surface area contributed by atoms with E-state index >= 15 is 0 Å². The summed E-state index contributed by atoms with van der Waals surface area (Å²) in [4.78, 5) is 23.8. The number of hydrogen-bond acceptors (Lipinski definition) is 3. The number of fused-ring (bicyclic) bond motifs is 1. The Bertz CT molecular complexity index is 686. The van der Waals surface area contributed by atoms with Gasteiger partial charge in [-0.15, -0.1) is 0 Å². The van der Waals surface area contributed by atoms with Crippen molar-refractivity contribution in [2.24, 2.45) is 0 Å². The van der Waals surface area contributed by atoms with Gasteiger partial charge in [-0.2, -0.15) is 0 Å². The van der Waals surface area contributed by atoms with Gasteiger partial charge in [0.1, 0.15) is 12.1 Å². The molecule has 1 N–H and O–H groups in total. The van der Waals surface area contributed by atoms with Crippen LogP contribution in [0.4, 0.5) is 0 Å². The first-order valence-corrected chi connectivity index (χ1v) is 6.79. The molecule has 2 aromatic rings. The Kier molecular flexibility index (Phi) is 4.02. The van der Waals surface area contributed by atoms with Crippen LogP contribution in [0, 0.1) is 6.92 Å². The molecule has 0 aliphatic rings. The molecule has 0 atom stereocenters. The Morgan fingerprint density at radius 3 is 2.62 bits per heavy atom. The quantitative estimate of drug-likeness (QED) is 0.876. The summed E-state index contributed by atoms with van der Waals surface area (Å²) in [5, 5.41) is 3.82. The van der Waals surface area contributed by atoms with Crippen molar-refractivity contribution < 1.29 is 14.3 Å². The summed E-state index contributed by atoms with van der Waals surface area (Å²) in [6.45, 7) is 5.41. The molecule has 1 amide bonds. The lowest BCUT2D eigenvalue weighted by molar-refractivity contribution is -0.149. The second-order valence-corrected chi connectivity index (χ2v) is 5.62. The van der Waals surface area contributed by atoms with E-state index < -0.39 is 11.5 Å². The van der Waals surface area contributed by atoms with Crippen molar-refractivity contribution in [3.05, 3.63) is 36.0 Å². The van der Waals surface area contributed by atoms with Crippen molar-refractivity contribution in [3.8, 4) is 0 Å². The first-order chi connectivity index (χ1) is 9.85. The molecular formula is C16H20N2O3. The first-order valence-electron chi connectivity index (χ1n) is 6.79. The van der Waals surface area contributed by atoms with Crippen molar-refractivity contribution in [1.29, 1.82) is 0 Å². The standard InChI is InChI=1S/C16H20N2O3/c1-11-9-18(13-8-6-5-7-12(11)13)10-14(19)17-16(2,3)15(20)21-4/h5-9H,10H2,1-4H3,(H,17,19). The number of amides is 1. The van der Waals surface area contributed by atoms with E-state index in [1.807, 2.05) is 42.0 Å². The van der Waals surface area contributed by atoms with E-state index in [1.54, 1.807) is 13.8 Å². The summed E-state index contributed by atoms with van der Waals surface area (Å²) < 4.78 is 6.56. The van der Waals surface area contributed by atoms with Gasteiger partial charge in [-0.25, -0.2) is 4.79 Å². The minimum Gasteiger partial charge on any atom is -0.467 e. The zero-order valence-electron chi connectivity index (χ0n) is 12.8. The number of hydrogen-bond donors (Lipinski definition) is 1. The van der Waals surface area contributed by atoms with Crippen LogP contribution in [0.5, 0.6) is 0 Å². The van der Waals surface area contributed by atoms with Crippen LogP contribution in [-0.2, 0) is 20.9 Å². The lowest BCUT2D eigenvalue weighted by Gasteiger charge is -2.23. The van der Waals surface area contributed by atoms with E-state index in [0.717, 1.165) is 16.5 Å². The highest BCUT2D eigenvalue weighted by Gasteiger charge is 2.30. The molecule has 0 unspecified atom stereocenters. The number of nitrogens with one attached hydrogen (secondary N) is 1. The Balaban J connectivity index is 2.17. The normalized spacial score (nSPS) is 11.4. The number of nitrogens with zero attached hydrogens (tertiary/aromatic N) is 1. The summed E-state index contributed by atoms with van der Waals surface area (Å²) in [5.41, 5.74) is 1.08. The van der Waals surface area contributed by atoms with Gasteiger partial charge in [-0.05, 0) is 32.4 Å². The zero-order chi connectivity index (χ0) is 15.6. The number of carbonyl (C=O) groups is 2. The van der Waals surface area contributed by atoms with Crippen molar-refractivity contribution >= 4 is 22.8 Å². The Morgan fingerprint density at radius 1 is 1.29 bits per heavy atom. The van der Waals surface area contributed by atoms with E-state index in [-0.39, 0.29) is 12.5 Å². The third kappa shape index (κ3) is 3.07. The number of rotatable bonds is 4. The number of ether oxygens (including phenoxy) is 1. The summed E-state index contributed by atoms with van der Waals surface area (Å²) in [6.07, 6.45) is 1.94. The van der Waals surface area contributed by atoms with Gasteiger partial charge in [-0.1, -0.05) is 18.2 Å². The third-order valence-corrected chi connectivity index (χ3v) is 3.45. The molecule has 2 rings (SSSR count). The molecule has 0 fully saturated rings. The highest BCUT2D eigenvalue weighted by Crippen LogP contribution is 2.20. The third-order valence-electron chi connectivity index (χ3n) is 3.45. The minimum absolute atomic E-state index is 0.161. The molecule has 21 heavy (non-hydrogen) atoms. The monoisotopic (exact) mass is 288 g/mol. The summed E-state index contributed by atoms with van der Waals surface area (Å²) in [7, 11) is 1.30. The van der Waals surface area contributed by atoms with Gasteiger partial charge >= 0.3 is 5.97 Å². The number of methoxy groups -OCH3 is 1. The van der Waals surface area contributed by atoms with Crippen molar-refractivity contribution in [1.82, 2.24) is 9.88 Å². The minimum atomic E-state index is -1.04. The average molecular weight is 288 g/mol. The van der Waals surface area contributed by atoms with E-state index in [2.05, 4.69) is 10.1 Å². The van der Waals surface area contributed by atoms with Crippen LogP contribution >= 0.6 is 0 Å². The molecule has 5 heteroatoms. The van der Waals surface area contributed by atoms with Gasteiger partial charge in [0.25, 0.3) is 0 Å². The van der Waals surface area contributed by atoms with E-state index in [1.165, 1.54) is 7.11 Å². The van der Waals surface area contributed by atoms with Crippen LogP contribution in [0.2, 0.25) is 0 Å². The zero-order valence-corrected chi connectivity index (χ0v) is 12.8. The van der Waals surface area contributed by atoms with E-state index in [0.29, 0.717) is 0 Å². The fourth-order valence-corrected chi connectivity index (χ4v) is 2.41. The van der Waals surface area contributed by atoms with Gasteiger partial charge in [0.2, 0.25) is 5.91 Å². The number of esters is 1. The van der Waals surface area contributed by atoms with Crippen LogP contribution in [0.25, 0.3) is 10.9 Å². The molecule has 0 aliphatic heterocycles. The number of para-hydroxylation sites is 1. The van der Waals surface area contributed by atoms with Crippen LogP contribution in [0.3, 0.4) is 0 Å². The molecule has 1 heterocycles. The number of carbonyl (C=O) groups excluding carboxylic acids is 2. The molecule has 5 nitrogen and oxygen atoms in total. The van der Waals surface area contributed by atoms with Gasteiger partial charge in [0.05, 0.1) is 7.11 Å². The lowest BCUT2D eigenvalue weighted by atomic mass is 10.1. The van der Waals surface area contributed by atoms with Crippen molar-refractivity contribution in [3.63, 3.8) is 0 Å². The molecule has 0 spiro atoms. The topological polar surface area (TPSA) is 60.3 Å². The maximum absolute atomic E-state index is 12.2. The summed E-state index contributed by atoms with van der Waals surface area (Å²) >= 11 is 0. The average Bonchev–Trinajstić information content (AvgIpc) is 2.74. The number of aryl methyl sites for hydroxylation is 1. The maximum atomic E-state index is 12.2. The second-order valence-electron chi connectivity index (χ2n) is 5.62. The van der Waals surface area contributed by atoms with Gasteiger partial charge in [-0.3, -0.25) is 4.79 Å². The van der Waals surface area contributed by atoms with Gasteiger partial charge in [0, 0.05) is 17.1 Å². The highest BCUT2D eigenvalue weighted by atomic mass is 16.5.